The van der Waals surface area contributed by atoms with Crippen molar-refractivity contribution in [1.82, 2.24) is 10.7 Å². The Balaban J connectivity index is 1.17. The molecule has 208 valence electrons. The summed E-state index contributed by atoms with van der Waals surface area (Å²) >= 11 is 0. The van der Waals surface area contributed by atoms with Crippen LogP contribution in [-0.2, 0) is 32.3 Å². The monoisotopic (exact) mass is 553 g/mol. The van der Waals surface area contributed by atoms with Crippen molar-refractivity contribution in [2.75, 3.05) is 10.6 Å². The predicted octanol–water partition coefficient (Wildman–Crippen LogP) is 3.51. The molecule has 41 heavy (non-hydrogen) atoms. The number of nitrogens with one attached hydrogen (secondary N) is 4. The quantitative estimate of drug-likeness (QED) is 0.141. The highest BCUT2D eigenvalue weighted by Crippen LogP contribution is 2.17. The molecule has 1 heterocycles. The summed E-state index contributed by atoms with van der Waals surface area (Å²) in [7, 11) is 0. The molecule has 4 aromatic rings. The standard InChI is InChI=1S/C30H27N5O6/c1-20-7-9-22(10-8-20)33-28(37)27(36)31-17-25-15-16-26(41-25)18-32-35-30(39)29(38)34-23-11-13-24(14-12-23)40-19-21-5-3-2-4-6-21/h2-16,18H,17,19H2,1H3,(H,31,36)(H,33,37)(H,34,38)(H,35,39)/b32-18+. The van der Waals surface area contributed by atoms with E-state index < -0.39 is 23.6 Å². The lowest BCUT2D eigenvalue weighted by Crippen LogP contribution is -2.34. The molecule has 0 spiro atoms. The fourth-order valence-electron chi connectivity index (χ4n) is 3.40. The highest BCUT2D eigenvalue weighted by atomic mass is 16.5. The van der Waals surface area contributed by atoms with Gasteiger partial charge in [0, 0.05) is 11.4 Å². The fourth-order valence-corrected chi connectivity index (χ4v) is 3.40. The smallest absolute Gasteiger partial charge is 0.329 e. The van der Waals surface area contributed by atoms with Crippen molar-refractivity contribution in [3.63, 3.8) is 0 Å². The van der Waals surface area contributed by atoms with Crippen molar-refractivity contribution < 1.29 is 28.3 Å². The zero-order chi connectivity index (χ0) is 29.0. The highest BCUT2D eigenvalue weighted by Gasteiger charge is 2.15. The van der Waals surface area contributed by atoms with Crippen LogP contribution in [0.4, 0.5) is 11.4 Å². The van der Waals surface area contributed by atoms with Gasteiger partial charge in [0.15, 0.2) is 0 Å². The van der Waals surface area contributed by atoms with E-state index in [1.807, 2.05) is 49.4 Å². The van der Waals surface area contributed by atoms with E-state index in [0.29, 0.717) is 29.5 Å². The fraction of sp³-hybridized carbons (Fsp3) is 0.100. The van der Waals surface area contributed by atoms with Crippen molar-refractivity contribution in [3.05, 3.63) is 114 Å². The summed E-state index contributed by atoms with van der Waals surface area (Å²) in [5.41, 5.74) is 5.08. The summed E-state index contributed by atoms with van der Waals surface area (Å²) in [6.07, 6.45) is 1.19. The number of hydrazone groups is 1. The van der Waals surface area contributed by atoms with Gasteiger partial charge in [-0.1, -0.05) is 48.0 Å². The molecule has 0 aliphatic heterocycles. The van der Waals surface area contributed by atoms with Crippen LogP contribution in [0.25, 0.3) is 0 Å². The number of amides is 4. The van der Waals surface area contributed by atoms with Crippen molar-refractivity contribution in [2.24, 2.45) is 5.10 Å². The second-order valence-electron chi connectivity index (χ2n) is 8.76. The molecule has 0 atom stereocenters. The van der Waals surface area contributed by atoms with E-state index in [-0.39, 0.29) is 12.3 Å². The van der Waals surface area contributed by atoms with Gasteiger partial charge >= 0.3 is 23.6 Å². The molecule has 0 bridgehead atoms. The van der Waals surface area contributed by atoms with Crippen LogP contribution in [0, 0.1) is 6.92 Å². The Morgan fingerprint density at radius 3 is 2.07 bits per heavy atom. The van der Waals surface area contributed by atoms with E-state index in [0.717, 1.165) is 11.1 Å². The van der Waals surface area contributed by atoms with E-state index >= 15 is 0 Å². The lowest BCUT2D eigenvalue weighted by atomic mass is 10.2. The number of hydrogen-bond acceptors (Lipinski definition) is 7. The van der Waals surface area contributed by atoms with Gasteiger partial charge in [-0.2, -0.15) is 5.10 Å². The number of rotatable bonds is 9. The third kappa shape index (κ3) is 8.93. The van der Waals surface area contributed by atoms with Crippen LogP contribution in [0.5, 0.6) is 5.75 Å². The van der Waals surface area contributed by atoms with Gasteiger partial charge in [0.2, 0.25) is 0 Å². The van der Waals surface area contributed by atoms with Gasteiger partial charge in [-0.05, 0) is 61.0 Å². The molecule has 11 nitrogen and oxygen atoms in total. The average Bonchev–Trinajstić information content (AvgIpc) is 3.44. The molecule has 4 N–H and O–H groups in total. The van der Waals surface area contributed by atoms with E-state index in [1.54, 1.807) is 48.5 Å². The zero-order valence-corrected chi connectivity index (χ0v) is 22.0. The molecule has 0 saturated heterocycles. The molecule has 0 aliphatic carbocycles. The first kappa shape index (κ1) is 28.3. The largest absolute Gasteiger partial charge is 0.489 e. The van der Waals surface area contributed by atoms with Gasteiger partial charge < -0.3 is 25.1 Å². The number of benzene rings is 3. The van der Waals surface area contributed by atoms with Crippen LogP contribution in [0.15, 0.2) is 101 Å². The van der Waals surface area contributed by atoms with Crippen LogP contribution in [0.3, 0.4) is 0 Å². The Kier molecular flexibility index (Phi) is 9.59. The number of hydrogen-bond donors (Lipinski definition) is 4. The van der Waals surface area contributed by atoms with Crippen molar-refractivity contribution >= 4 is 41.2 Å². The molecule has 0 fully saturated rings. The third-order valence-corrected chi connectivity index (χ3v) is 5.55. The first-order valence-corrected chi connectivity index (χ1v) is 12.5. The van der Waals surface area contributed by atoms with E-state index in [9.17, 15) is 19.2 Å². The number of carbonyl (C=O) groups excluding carboxylic acids is 4. The predicted molar refractivity (Wildman–Crippen MR) is 152 cm³/mol. The van der Waals surface area contributed by atoms with E-state index in [2.05, 4.69) is 26.5 Å². The number of carbonyl (C=O) groups is 4. The van der Waals surface area contributed by atoms with Gasteiger partial charge in [-0.25, -0.2) is 5.43 Å². The molecule has 1 aromatic heterocycles. The maximum absolute atomic E-state index is 12.2. The second kappa shape index (κ2) is 13.9. The van der Waals surface area contributed by atoms with Crippen LogP contribution >= 0.6 is 0 Å². The first-order valence-electron chi connectivity index (χ1n) is 12.5. The molecular formula is C30H27N5O6. The molecule has 0 saturated carbocycles. The lowest BCUT2D eigenvalue weighted by molar-refractivity contribution is -0.136. The Bertz CT molecular complexity index is 1530. The molecule has 4 rings (SSSR count). The molecule has 0 radical (unpaired) electrons. The first-order chi connectivity index (χ1) is 19.9. The number of aryl methyl sites for hydroxylation is 1. The third-order valence-electron chi connectivity index (χ3n) is 5.55. The van der Waals surface area contributed by atoms with Crippen LogP contribution in [0.2, 0.25) is 0 Å². The molecule has 4 amide bonds. The van der Waals surface area contributed by atoms with E-state index in [4.69, 9.17) is 9.15 Å². The molecule has 3 aromatic carbocycles. The number of nitrogens with zero attached hydrogens (tertiary/aromatic N) is 1. The van der Waals surface area contributed by atoms with Crippen LogP contribution < -0.4 is 26.1 Å². The van der Waals surface area contributed by atoms with Crippen molar-refractivity contribution in [1.29, 1.82) is 0 Å². The lowest BCUT2D eigenvalue weighted by Gasteiger charge is -2.08. The second-order valence-corrected chi connectivity index (χ2v) is 8.76. The maximum atomic E-state index is 12.2. The highest BCUT2D eigenvalue weighted by molar-refractivity contribution is 6.40. The van der Waals surface area contributed by atoms with Gasteiger partial charge in [0.05, 0.1) is 12.8 Å². The summed E-state index contributed by atoms with van der Waals surface area (Å²) < 4.78 is 11.2. The Morgan fingerprint density at radius 2 is 1.39 bits per heavy atom. The Morgan fingerprint density at radius 1 is 0.756 bits per heavy atom. The number of anilines is 2. The average molecular weight is 554 g/mol. The van der Waals surface area contributed by atoms with Crippen molar-refractivity contribution in [3.8, 4) is 5.75 Å². The Hall–Kier alpha value is -5.71. The normalized spacial score (nSPS) is 10.6. The van der Waals surface area contributed by atoms with Gasteiger partial charge in [-0.15, -0.1) is 0 Å². The van der Waals surface area contributed by atoms with Crippen molar-refractivity contribution in [2.45, 2.75) is 20.1 Å². The van der Waals surface area contributed by atoms with Crippen LogP contribution in [-0.4, -0.2) is 29.8 Å². The SMILES string of the molecule is Cc1ccc(NC(=O)C(=O)NCc2ccc(/C=N/NC(=O)C(=O)Nc3ccc(OCc4ccccc4)cc3)o2)cc1. The number of furan rings is 1. The van der Waals surface area contributed by atoms with E-state index in [1.165, 1.54) is 6.21 Å². The molecule has 11 heteroatoms. The minimum atomic E-state index is -0.982. The number of ether oxygens (including phenoxy) is 1. The van der Waals surface area contributed by atoms with Gasteiger partial charge in [-0.3, -0.25) is 19.2 Å². The van der Waals surface area contributed by atoms with Gasteiger partial charge in [0.1, 0.15) is 23.9 Å². The summed E-state index contributed by atoms with van der Waals surface area (Å²) in [6, 6.07) is 26.4. The zero-order valence-electron chi connectivity index (χ0n) is 22.0. The molecular weight excluding hydrogens is 526 g/mol. The molecule has 0 aliphatic rings. The van der Waals surface area contributed by atoms with Crippen LogP contribution in [0.1, 0.15) is 22.6 Å². The summed E-state index contributed by atoms with van der Waals surface area (Å²) in [5, 5.41) is 11.1. The van der Waals surface area contributed by atoms with Gasteiger partial charge in [0.25, 0.3) is 0 Å². The summed E-state index contributed by atoms with van der Waals surface area (Å²) in [5.74, 6) is -2.31. The minimum Gasteiger partial charge on any atom is -0.489 e. The minimum absolute atomic E-state index is 0.0428. The topological polar surface area (TPSA) is 151 Å². The summed E-state index contributed by atoms with van der Waals surface area (Å²) in [6.45, 7) is 2.28. The Labute approximate surface area is 235 Å². The summed E-state index contributed by atoms with van der Waals surface area (Å²) in [4.78, 5) is 48.3. The maximum Gasteiger partial charge on any atom is 0.329 e. The molecule has 0 unspecified atom stereocenters.